The zero-order valence-corrected chi connectivity index (χ0v) is 11.9. The highest BCUT2D eigenvalue weighted by Gasteiger charge is 2.15. The Kier molecular flexibility index (Phi) is 4.35. The highest BCUT2D eigenvalue weighted by molar-refractivity contribution is 5.93. The van der Waals surface area contributed by atoms with Crippen LogP contribution in [0.2, 0.25) is 0 Å². The van der Waals surface area contributed by atoms with E-state index in [-0.39, 0.29) is 5.91 Å². The third-order valence-electron chi connectivity index (χ3n) is 2.83. The SMILES string of the molecule is Cc1ccc(NC(=O)C(C)Oc2cccc(C)c2)nc1. The number of carbonyl (C=O) groups is 1. The highest BCUT2D eigenvalue weighted by atomic mass is 16.5. The first-order chi connectivity index (χ1) is 9.54. The molecule has 0 saturated heterocycles. The molecule has 0 spiro atoms. The normalized spacial score (nSPS) is 11.8. The van der Waals surface area contributed by atoms with Crippen molar-refractivity contribution in [3.8, 4) is 5.75 Å². The summed E-state index contributed by atoms with van der Waals surface area (Å²) < 4.78 is 5.61. The number of aryl methyl sites for hydroxylation is 2. The molecule has 1 N–H and O–H groups in total. The molecule has 4 heteroatoms. The van der Waals surface area contributed by atoms with Crippen molar-refractivity contribution in [2.75, 3.05) is 5.32 Å². The number of nitrogens with one attached hydrogen (secondary N) is 1. The number of amides is 1. The van der Waals surface area contributed by atoms with Crippen LogP contribution in [0.5, 0.6) is 5.75 Å². The molecule has 2 rings (SSSR count). The van der Waals surface area contributed by atoms with E-state index in [1.807, 2.05) is 44.2 Å². The van der Waals surface area contributed by atoms with Crippen molar-refractivity contribution in [2.45, 2.75) is 26.9 Å². The predicted octanol–water partition coefficient (Wildman–Crippen LogP) is 3.10. The molecule has 0 fully saturated rings. The lowest BCUT2D eigenvalue weighted by Gasteiger charge is -2.14. The van der Waals surface area contributed by atoms with Gasteiger partial charge in [0.25, 0.3) is 5.91 Å². The van der Waals surface area contributed by atoms with Gasteiger partial charge in [0, 0.05) is 6.20 Å². The van der Waals surface area contributed by atoms with Gasteiger partial charge in [-0.15, -0.1) is 0 Å². The number of aromatic nitrogens is 1. The van der Waals surface area contributed by atoms with Gasteiger partial charge in [0.2, 0.25) is 0 Å². The first-order valence-corrected chi connectivity index (χ1v) is 6.51. The van der Waals surface area contributed by atoms with E-state index in [0.717, 1.165) is 11.1 Å². The molecule has 20 heavy (non-hydrogen) atoms. The molecule has 4 nitrogen and oxygen atoms in total. The van der Waals surface area contributed by atoms with E-state index in [1.54, 1.807) is 19.2 Å². The molecule has 1 aromatic heterocycles. The maximum absolute atomic E-state index is 12.0. The number of carbonyl (C=O) groups excluding carboxylic acids is 1. The molecule has 0 aliphatic heterocycles. The van der Waals surface area contributed by atoms with Crippen molar-refractivity contribution in [1.29, 1.82) is 0 Å². The fraction of sp³-hybridized carbons (Fsp3) is 0.250. The van der Waals surface area contributed by atoms with Gasteiger partial charge >= 0.3 is 0 Å². The number of ether oxygens (including phenoxy) is 1. The van der Waals surface area contributed by atoms with Gasteiger partial charge in [0.05, 0.1) is 0 Å². The van der Waals surface area contributed by atoms with Crippen LogP contribution < -0.4 is 10.1 Å². The average molecular weight is 270 g/mol. The quantitative estimate of drug-likeness (QED) is 0.928. The smallest absolute Gasteiger partial charge is 0.266 e. The van der Waals surface area contributed by atoms with E-state index in [1.165, 1.54) is 0 Å². The minimum absolute atomic E-state index is 0.220. The Balaban J connectivity index is 1.96. The van der Waals surface area contributed by atoms with Crippen LogP contribution >= 0.6 is 0 Å². The zero-order chi connectivity index (χ0) is 14.5. The maximum Gasteiger partial charge on any atom is 0.266 e. The van der Waals surface area contributed by atoms with E-state index < -0.39 is 6.10 Å². The highest BCUT2D eigenvalue weighted by Crippen LogP contribution is 2.15. The summed E-state index contributed by atoms with van der Waals surface area (Å²) in [5, 5.41) is 2.73. The first kappa shape index (κ1) is 14.1. The van der Waals surface area contributed by atoms with Crippen LogP contribution in [0.15, 0.2) is 42.6 Å². The van der Waals surface area contributed by atoms with Gasteiger partial charge < -0.3 is 10.1 Å². The Labute approximate surface area is 118 Å². The Morgan fingerprint density at radius 1 is 1.20 bits per heavy atom. The monoisotopic (exact) mass is 270 g/mol. The molecule has 1 unspecified atom stereocenters. The Morgan fingerprint density at radius 2 is 2.00 bits per heavy atom. The molecular formula is C16H18N2O2. The van der Waals surface area contributed by atoms with Crippen LogP contribution in [-0.4, -0.2) is 17.0 Å². The molecule has 0 aliphatic carbocycles. The Hall–Kier alpha value is -2.36. The van der Waals surface area contributed by atoms with Crippen LogP contribution in [-0.2, 0) is 4.79 Å². The summed E-state index contributed by atoms with van der Waals surface area (Å²) in [5.41, 5.74) is 2.14. The van der Waals surface area contributed by atoms with Gasteiger partial charge in [0.1, 0.15) is 11.6 Å². The number of hydrogen-bond acceptors (Lipinski definition) is 3. The number of hydrogen-bond donors (Lipinski definition) is 1. The molecule has 1 atom stereocenters. The molecule has 104 valence electrons. The van der Waals surface area contributed by atoms with Gasteiger partial charge in [-0.05, 0) is 50.1 Å². The van der Waals surface area contributed by atoms with E-state index >= 15 is 0 Å². The van der Waals surface area contributed by atoms with Crippen molar-refractivity contribution < 1.29 is 9.53 Å². The van der Waals surface area contributed by atoms with Crippen LogP contribution in [0.1, 0.15) is 18.1 Å². The standard InChI is InChI=1S/C16H18N2O2/c1-11-5-4-6-14(9-11)20-13(3)16(19)18-15-8-7-12(2)10-17-15/h4-10,13H,1-3H3,(H,17,18,19). The largest absolute Gasteiger partial charge is 0.481 e. The second-order valence-electron chi connectivity index (χ2n) is 4.79. The molecular weight excluding hydrogens is 252 g/mol. The van der Waals surface area contributed by atoms with Crippen molar-refractivity contribution in [3.05, 3.63) is 53.7 Å². The number of anilines is 1. The number of nitrogens with zero attached hydrogens (tertiary/aromatic N) is 1. The summed E-state index contributed by atoms with van der Waals surface area (Å²) in [4.78, 5) is 16.1. The summed E-state index contributed by atoms with van der Waals surface area (Å²) in [7, 11) is 0. The van der Waals surface area contributed by atoms with Crippen LogP contribution in [0.4, 0.5) is 5.82 Å². The van der Waals surface area contributed by atoms with Gasteiger partial charge in [-0.2, -0.15) is 0 Å². The summed E-state index contributed by atoms with van der Waals surface area (Å²) in [5.74, 6) is 0.993. The molecule has 1 amide bonds. The molecule has 0 bridgehead atoms. The lowest BCUT2D eigenvalue weighted by Crippen LogP contribution is -2.30. The molecule has 0 saturated carbocycles. The Morgan fingerprint density at radius 3 is 2.65 bits per heavy atom. The minimum Gasteiger partial charge on any atom is -0.481 e. The van der Waals surface area contributed by atoms with E-state index in [9.17, 15) is 4.79 Å². The molecule has 1 aromatic carbocycles. The van der Waals surface area contributed by atoms with E-state index in [0.29, 0.717) is 11.6 Å². The van der Waals surface area contributed by atoms with Crippen molar-refractivity contribution >= 4 is 11.7 Å². The van der Waals surface area contributed by atoms with Crippen molar-refractivity contribution in [1.82, 2.24) is 4.98 Å². The summed E-state index contributed by atoms with van der Waals surface area (Å²) >= 11 is 0. The average Bonchev–Trinajstić information content (AvgIpc) is 2.41. The fourth-order valence-corrected chi connectivity index (χ4v) is 1.72. The molecule has 0 radical (unpaired) electrons. The second kappa shape index (κ2) is 6.19. The van der Waals surface area contributed by atoms with Gasteiger partial charge in [-0.3, -0.25) is 4.79 Å². The van der Waals surface area contributed by atoms with Crippen LogP contribution in [0.25, 0.3) is 0 Å². The van der Waals surface area contributed by atoms with Crippen LogP contribution in [0.3, 0.4) is 0 Å². The topological polar surface area (TPSA) is 51.2 Å². The predicted molar refractivity (Wildman–Crippen MR) is 78.9 cm³/mol. The Bertz CT molecular complexity index is 594. The van der Waals surface area contributed by atoms with Crippen LogP contribution in [0, 0.1) is 13.8 Å². The lowest BCUT2D eigenvalue weighted by molar-refractivity contribution is -0.122. The molecule has 2 aromatic rings. The fourth-order valence-electron chi connectivity index (χ4n) is 1.72. The van der Waals surface area contributed by atoms with Gasteiger partial charge in [-0.25, -0.2) is 4.98 Å². The maximum atomic E-state index is 12.0. The summed E-state index contributed by atoms with van der Waals surface area (Å²) in [6.45, 7) is 5.64. The van der Waals surface area contributed by atoms with Gasteiger partial charge in [0.15, 0.2) is 6.10 Å². The summed E-state index contributed by atoms with van der Waals surface area (Å²) in [6.07, 6.45) is 1.13. The van der Waals surface area contributed by atoms with Gasteiger partial charge in [-0.1, -0.05) is 18.2 Å². The number of benzene rings is 1. The van der Waals surface area contributed by atoms with Crippen molar-refractivity contribution in [2.24, 2.45) is 0 Å². The zero-order valence-electron chi connectivity index (χ0n) is 11.9. The third kappa shape index (κ3) is 3.82. The lowest BCUT2D eigenvalue weighted by atomic mass is 10.2. The van der Waals surface area contributed by atoms with E-state index in [4.69, 9.17) is 4.74 Å². The number of rotatable bonds is 4. The molecule has 0 aliphatic rings. The number of pyridine rings is 1. The first-order valence-electron chi connectivity index (χ1n) is 6.51. The van der Waals surface area contributed by atoms with Crippen molar-refractivity contribution in [3.63, 3.8) is 0 Å². The minimum atomic E-state index is -0.583. The summed E-state index contributed by atoms with van der Waals surface area (Å²) in [6, 6.07) is 11.3. The third-order valence-corrected chi connectivity index (χ3v) is 2.83. The molecule has 1 heterocycles. The van der Waals surface area contributed by atoms with E-state index in [2.05, 4.69) is 10.3 Å². The second-order valence-corrected chi connectivity index (χ2v) is 4.79.